The summed E-state index contributed by atoms with van der Waals surface area (Å²) in [5, 5.41) is 3.97. The van der Waals surface area contributed by atoms with Crippen molar-refractivity contribution in [2.75, 3.05) is 18.0 Å². The van der Waals surface area contributed by atoms with Crippen LogP contribution in [0.5, 0.6) is 0 Å². The Labute approximate surface area is 123 Å². The number of hydrogen-bond donors (Lipinski definition) is 0. The van der Waals surface area contributed by atoms with Crippen molar-refractivity contribution < 1.29 is 4.52 Å². The SMILES string of the molecule is Cc1cc(N2CC3CC(C2)N3Cc2cc(C)no2)ncn1. The summed E-state index contributed by atoms with van der Waals surface area (Å²) in [5.41, 5.74) is 1.97. The van der Waals surface area contributed by atoms with Gasteiger partial charge in [-0.25, -0.2) is 9.97 Å². The number of nitrogens with zero attached hydrogens (tertiary/aromatic N) is 5. The lowest BCUT2D eigenvalue weighted by Crippen LogP contribution is -2.68. The van der Waals surface area contributed by atoms with Gasteiger partial charge in [0.05, 0.1) is 12.2 Å². The first kappa shape index (κ1) is 12.8. The fourth-order valence-electron chi connectivity index (χ4n) is 3.42. The second-order valence-electron chi connectivity index (χ2n) is 6.07. The minimum atomic E-state index is 0.587. The highest BCUT2D eigenvalue weighted by molar-refractivity contribution is 5.41. The number of piperazine rings is 1. The van der Waals surface area contributed by atoms with Gasteiger partial charge in [-0.2, -0.15) is 0 Å². The zero-order valence-electron chi connectivity index (χ0n) is 12.4. The molecule has 2 aromatic heterocycles. The molecule has 3 fully saturated rings. The molecule has 3 aliphatic heterocycles. The van der Waals surface area contributed by atoms with Gasteiger partial charge < -0.3 is 9.42 Å². The summed E-state index contributed by atoms with van der Waals surface area (Å²) < 4.78 is 5.34. The summed E-state index contributed by atoms with van der Waals surface area (Å²) >= 11 is 0. The average Bonchev–Trinajstić information content (AvgIpc) is 2.90. The summed E-state index contributed by atoms with van der Waals surface area (Å²) in [5.74, 6) is 2.01. The van der Waals surface area contributed by atoms with Crippen molar-refractivity contribution >= 4 is 5.82 Å². The van der Waals surface area contributed by atoms with Crippen molar-refractivity contribution in [2.45, 2.75) is 38.9 Å². The Hall–Kier alpha value is -1.95. The van der Waals surface area contributed by atoms with Crippen molar-refractivity contribution in [3.8, 4) is 0 Å². The average molecular weight is 285 g/mol. The lowest BCUT2D eigenvalue weighted by molar-refractivity contribution is -0.0149. The molecule has 3 aliphatic rings. The van der Waals surface area contributed by atoms with E-state index in [0.717, 1.165) is 42.6 Å². The maximum Gasteiger partial charge on any atom is 0.150 e. The minimum absolute atomic E-state index is 0.587. The lowest BCUT2D eigenvalue weighted by atomic mass is 9.87. The number of aryl methyl sites for hydroxylation is 2. The molecule has 0 radical (unpaired) electrons. The molecule has 0 amide bonds. The van der Waals surface area contributed by atoms with Crippen molar-refractivity contribution in [2.24, 2.45) is 0 Å². The molecule has 21 heavy (non-hydrogen) atoms. The number of hydrogen-bond acceptors (Lipinski definition) is 6. The molecule has 0 aliphatic carbocycles. The van der Waals surface area contributed by atoms with Crippen LogP contribution < -0.4 is 4.90 Å². The Morgan fingerprint density at radius 3 is 2.62 bits per heavy atom. The van der Waals surface area contributed by atoms with E-state index in [2.05, 4.69) is 31.0 Å². The van der Waals surface area contributed by atoms with Crippen molar-refractivity contribution in [3.63, 3.8) is 0 Å². The van der Waals surface area contributed by atoms with Gasteiger partial charge in [0, 0.05) is 43.0 Å². The quantitative estimate of drug-likeness (QED) is 0.852. The van der Waals surface area contributed by atoms with E-state index < -0.39 is 0 Å². The third-order valence-electron chi connectivity index (χ3n) is 4.47. The Morgan fingerprint density at radius 2 is 1.95 bits per heavy atom. The second kappa shape index (κ2) is 4.80. The lowest BCUT2D eigenvalue weighted by Gasteiger charge is -2.56. The summed E-state index contributed by atoms with van der Waals surface area (Å²) in [6.45, 7) is 6.89. The maximum atomic E-state index is 5.34. The molecule has 3 saturated heterocycles. The standard InChI is InChI=1S/C15H19N5O/c1-10-4-15(17-9-16-10)19-6-12-5-13(7-19)20(12)8-14-3-11(2)18-21-14/h3-4,9,12-13H,5-8H2,1-2H3. The molecular formula is C15H19N5O. The molecule has 0 spiro atoms. The molecular weight excluding hydrogens is 266 g/mol. The third-order valence-corrected chi connectivity index (χ3v) is 4.47. The fourth-order valence-corrected chi connectivity index (χ4v) is 3.42. The Morgan fingerprint density at radius 1 is 1.14 bits per heavy atom. The zero-order chi connectivity index (χ0) is 14.4. The van der Waals surface area contributed by atoms with Gasteiger partial charge >= 0.3 is 0 Å². The van der Waals surface area contributed by atoms with Crippen LogP contribution in [-0.2, 0) is 6.54 Å². The van der Waals surface area contributed by atoms with Crippen LogP contribution in [-0.4, -0.2) is 45.2 Å². The van der Waals surface area contributed by atoms with E-state index in [1.807, 2.05) is 19.9 Å². The van der Waals surface area contributed by atoms with Crippen LogP contribution in [0.15, 0.2) is 23.0 Å². The highest BCUT2D eigenvalue weighted by atomic mass is 16.5. The summed E-state index contributed by atoms with van der Waals surface area (Å²) in [7, 11) is 0. The number of aromatic nitrogens is 3. The predicted molar refractivity (Wildman–Crippen MR) is 78.0 cm³/mol. The molecule has 0 aromatic carbocycles. The Bertz CT molecular complexity index is 643. The summed E-state index contributed by atoms with van der Waals surface area (Å²) in [6.07, 6.45) is 2.92. The predicted octanol–water partition coefficient (Wildman–Crippen LogP) is 1.54. The molecule has 5 heterocycles. The molecule has 6 nitrogen and oxygen atoms in total. The molecule has 2 aromatic rings. The fraction of sp³-hybridized carbons (Fsp3) is 0.533. The minimum Gasteiger partial charge on any atom is -0.360 e. The van der Waals surface area contributed by atoms with Crippen LogP contribution >= 0.6 is 0 Å². The van der Waals surface area contributed by atoms with E-state index in [9.17, 15) is 0 Å². The molecule has 0 N–H and O–H groups in total. The zero-order valence-corrected chi connectivity index (χ0v) is 12.4. The molecule has 5 rings (SSSR count). The van der Waals surface area contributed by atoms with Gasteiger partial charge in [0.25, 0.3) is 0 Å². The first-order chi connectivity index (χ1) is 10.2. The summed E-state index contributed by atoms with van der Waals surface area (Å²) in [6, 6.07) is 5.27. The molecule has 2 unspecified atom stereocenters. The van der Waals surface area contributed by atoms with Crippen LogP contribution in [0.25, 0.3) is 0 Å². The van der Waals surface area contributed by atoms with Crippen molar-refractivity contribution in [1.82, 2.24) is 20.0 Å². The molecule has 110 valence electrons. The summed E-state index contributed by atoms with van der Waals surface area (Å²) in [4.78, 5) is 13.5. The van der Waals surface area contributed by atoms with Crippen molar-refractivity contribution in [3.05, 3.63) is 35.6 Å². The highest BCUT2D eigenvalue weighted by Gasteiger charge is 2.45. The number of piperidine rings is 1. The number of fused-ring (bicyclic) bond motifs is 2. The third kappa shape index (κ3) is 2.29. The van der Waals surface area contributed by atoms with Gasteiger partial charge in [0.1, 0.15) is 12.1 Å². The van der Waals surface area contributed by atoms with Gasteiger partial charge in [-0.05, 0) is 20.3 Å². The van der Waals surface area contributed by atoms with Crippen LogP contribution in [0.1, 0.15) is 23.6 Å². The van der Waals surface area contributed by atoms with Gasteiger partial charge in [0.15, 0.2) is 5.76 Å². The first-order valence-electron chi connectivity index (χ1n) is 7.40. The topological polar surface area (TPSA) is 58.3 Å². The molecule has 0 saturated carbocycles. The largest absolute Gasteiger partial charge is 0.360 e. The van der Waals surface area contributed by atoms with Gasteiger partial charge in [-0.1, -0.05) is 5.16 Å². The molecule has 2 atom stereocenters. The second-order valence-corrected chi connectivity index (χ2v) is 6.07. The smallest absolute Gasteiger partial charge is 0.150 e. The highest BCUT2D eigenvalue weighted by Crippen LogP contribution is 2.35. The van der Waals surface area contributed by atoms with Crippen LogP contribution in [0.3, 0.4) is 0 Å². The van der Waals surface area contributed by atoms with E-state index >= 15 is 0 Å². The van der Waals surface area contributed by atoms with E-state index in [1.54, 1.807) is 6.33 Å². The van der Waals surface area contributed by atoms with E-state index in [-0.39, 0.29) is 0 Å². The number of anilines is 1. The van der Waals surface area contributed by atoms with Crippen LogP contribution in [0.4, 0.5) is 5.82 Å². The first-order valence-corrected chi connectivity index (χ1v) is 7.40. The van der Waals surface area contributed by atoms with Gasteiger partial charge in [0.2, 0.25) is 0 Å². The van der Waals surface area contributed by atoms with Crippen molar-refractivity contribution in [1.29, 1.82) is 0 Å². The van der Waals surface area contributed by atoms with E-state index in [0.29, 0.717) is 12.1 Å². The van der Waals surface area contributed by atoms with Gasteiger partial charge in [-0.15, -0.1) is 0 Å². The molecule has 6 heteroatoms. The number of rotatable bonds is 3. The molecule has 2 bridgehead atoms. The monoisotopic (exact) mass is 285 g/mol. The maximum absolute atomic E-state index is 5.34. The van der Waals surface area contributed by atoms with E-state index in [1.165, 1.54) is 6.42 Å². The van der Waals surface area contributed by atoms with Crippen LogP contribution in [0.2, 0.25) is 0 Å². The van der Waals surface area contributed by atoms with Crippen LogP contribution in [0, 0.1) is 13.8 Å². The Kier molecular flexibility index (Phi) is 2.92. The normalized spacial score (nSPS) is 25.0. The van der Waals surface area contributed by atoms with E-state index in [4.69, 9.17) is 4.52 Å². The Balaban J connectivity index is 1.44. The van der Waals surface area contributed by atoms with Gasteiger partial charge in [-0.3, -0.25) is 4.90 Å².